The van der Waals surface area contributed by atoms with E-state index in [1.54, 1.807) is 11.0 Å². The standard InChI is InChI=1S/C13H17BrN6O/c1-18-3-4-21-9-6-20(5-8(9)18)13-10-11(14)17-19(2)12(10)15-7-16-13/h7-9H,3-6H2,1-2H3. The second-order valence-electron chi connectivity index (χ2n) is 5.67. The van der Waals surface area contributed by atoms with Gasteiger partial charge in [0.05, 0.1) is 24.1 Å². The molecular weight excluding hydrogens is 336 g/mol. The van der Waals surface area contributed by atoms with Crippen molar-refractivity contribution in [3.8, 4) is 0 Å². The summed E-state index contributed by atoms with van der Waals surface area (Å²) in [7, 11) is 4.06. The molecule has 112 valence electrons. The van der Waals surface area contributed by atoms with E-state index in [-0.39, 0.29) is 6.10 Å². The van der Waals surface area contributed by atoms with Crippen LogP contribution in [0.4, 0.5) is 5.82 Å². The Morgan fingerprint density at radius 1 is 1.29 bits per heavy atom. The number of halogens is 1. The van der Waals surface area contributed by atoms with Crippen molar-refractivity contribution in [3.05, 3.63) is 10.9 Å². The van der Waals surface area contributed by atoms with Crippen molar-refractivity contribution in [2.24, 2.45) is 7.05 Å². The van der Waals surface area contributed by atoms with Crippen molar-refractivity contribution in [1.82, 2.24) is 24.6 Å². The van der Waals surface area contributed by atoms with E-state index in [4.69, 9.17) is 4.74 Å². The van der Waals surface area contributed by atoms with Crippen LogP contribution >= 0.6 is 15.9 Å². The lowest BCUT2D eigenvalue weighted by Crippen LogP contribution is -2.48. The van der Waals surface area contributed by atoms with Gasteiger partial charge in [0.1, 0.15) is 16.7 Å². The molecule has 0 spiro atoms. The van der Waals surface area contributed by atoms with Gasteiger partial charge in [0.25, 0.3) is 0 Å². The molecule has 2 aromatic rings. The molecule has 0 amide bonds. The number of aromatic nitrogens is 4. The van der Waals surface area contributed by atoms with E-state index in [2.05, 4.69) is 47.8 Å². The van der Waals surface area contributed by atoms with E-state index in [1.807, 2.05) is 7.05 Å². The molecule has 7 nitrogen and oxygen atoms in total. The summed E-state index contributed by atoms with van der Waals surface area (Å²) < 4.78 is 8.48. The molecule has 2 aliphatic heterocycles. The number of nitrogens with zero attached hydrogens (tertiary/aromatic N) is 6. The molecule has 0 saturated carbocycles. The van der Waals surface area contributed by atoms with Crippen LogP contribution in [0.3, 0.4) is 0 Å². The van der Waals surface area contributed by atoms with Crippen LogP contribution in [0, 0.1) is 0 Å². The number of anilines is 1. The number of ether oxygens (including phenoxy) is 1. The zero-order valence-corrected chi connectivity index (χ0v) is 13.6. The maximum Gasteiger partial charge on any atom is 0.164 e. The molecule has 0 aromatic carbocycles. The molecule has 0 aliphatic carbocycles. The fourth-order valence-electron chi connectivity index (χ4n) is 3.30. The Balaban J connectivity index is 1.74. The van der Waals surface area contributed by atoms with Crippen LogP contribution in [0.15, 0.2) is 10.9 Å². The number of hydrogen-bond acceptors (Lipinski definition) is 6. The maximum atomic E-state index is 5.91. The summed E-state index contributed by atoms with van der Waals surface area (Å²) in [4.78, 5) is 13.5. The SMILES string of the molecule is CN1CCOC2CN(c3ncnc4c3c(Br)nn4C)CC21. The number of rotatable bonds is 1. The summed E-state index contributed by atoms with van der Waals surface area (Å²) in [5.74, 6) is 0.936. The monoisotopic (exact) mass is 352 g/mol. The second kappa shape index (κ2) is 4.89. The van der Waals surface area contributed by atoms with Crippen molar-refractivity contribution in [1.29, 1.82) is 0 Å². The van der Waals surface area contributed by atoms with E-state index >= 15 is 0 Å². The Labute approximate surface area is 131 Å². The molecule has 2 unspecified atom stereocenters. The van der Waals surface area contributed by atoms with Gasteiger partial charge in [0, 0.05) is 26.7 Å². The highest BCUT2D eigenvalue weighted by molar-refractivity contribution is 9.10. The van der Waals surface area contributed by atoms with E-state index in [9.17, 15) is 0 Å². The van der Waals surface area contributed by atoms with Gasteiger partial charge in [-0.1, -0.05) is 0 Å². The van der Waals surface area contributed by atoms with Gasteiger partial charge in [-0.3, -0.25) is 4.90 Å². The van der Waals surface area contributed by atoms with Gasteiger partial charge in [0.2, 0.25) is 0 Å². The van der Waals surface area contributed by atoms with Crippen molar-refractivity contribution >= 4 is 32.8 Å². The van der Waals surface area contributed by atoms with Crippen molar-refractivity contribution in [3.63, 3.8) is 0 Å². The van der Waals surface area contributed by atoms with Gasteiger partial charge in [0.15, 0.2) is 5.65 Å². The maximum absolute atomic E-state index is 5.91. The predicted octanol–water partition coefficient (Wildman–Crippen LogP) is 0.645. The summed E-state index contributed by atoms with van der Waals surface area (Å²) in [6.07, 6.45) is 1.86. The summed E-state index contributed by atoms with van der Waals surface area (Å²) >= 11 is 3.52. The molecular formula is C13H17BrN6O. The van der Waals surface area contributed by atoms with Gasteiger partial charge in [-0.2, -0.15) is 5.10 Å². The fraction of sp³-hybridized carbons (Fsp3) is 0.615. The molecule has 2 atom stereocenters. The van der Waals surface area contributed by atoms with Crippen LogP contribution < -0.4 is 4.90 Å². The van der Waals surface area contributed by atoms with E-state index < -0.39 is 0 Å². The minimum Gasteiger partial charge on any atom is -0.373 e. The third kappa shape index (κ3) is 2.04. The first-order chi connectivity index (χ1) is 10.1. The smallest absolute Gasteiger partial charge is 0.164 e. The Bertz CT molecular complexity index is 689. The van der Waals surface area contributed by atoms with Gasteiger partial charge >= 0.3 is 0 Å². The Hall–Kier alpha value is -1.25. The summed E-state index contributed by atoms with van der Waals surface area (Å²) in [5.41, 5.74) is 0.844. The molecule has 2 aliphatic rings. The van der Waals surface area contributed by atoms with Crippen LogP contribution in [0.25, 0.3) is 11.0 Å². The zero-order valence-electron chi connectivity index (χ0n) is 12.0. The van der Waals surface area contributed by atoms with E-state index in [0.717, 1.165) is 47.7 Å². The molecule has 21 heavy (non-hydrogen) atoms. The quantitative estimate of drug-likeness (QED) is 0.750. The normalized spacial score (nSPS) is 26.5. The highest BCUT2D eigenvalue weighted by Crippen LogP contribution is 2.33. The minimum atomic E-state index is 0.254. The molecule has 8 heteroatoms. The highest BCUT2D eigenvalue weighted by Gasteiger charge is 2.39. The van der Waals surface area contributed by atoms with Crippen molar-refractivity contribution in [2.75, 3.05) is 38.2 Å². The Kier molecular flexibility index (Phi) is 3.13. The van der Waals surface area contributed by atoms with Gasteiger partial charge in [-0.05, 0) is 23.0 Å². The average molecular weight is 353 g/mol. The van der Waals surface area contributed by atoms with Gasteiger partial charge in [-0.15, -0.1) is 0 Å². The number of fused-ring (bicyclic) bond motifs is 2. The van der Waals surface area contributed by atoms with Crippen molar-refractivity contribution < 1.29 is 4.74 Å². The molecule has 2 saturated heterocycles. The fourth-order valence-corrected chi connectivity index (χ4v) is 3.89. The summed E-state index contributed by atoms with van der Waals surface area (Å²) in [6, 6.07) is 0.430. The molecule has 4 heterocycles. The van der Waals surface area contributed by atoms with Gasteiger partial charge < -0.3 is 9.64 Å². The van der Waals surface area contributed by atoms with Crippen LogP contribution in [0.1, 0.15) is 0 Å². The minimum absolute atomic E-state index is 0.254. The number of aryl methyl sites for hydroxylation is 1. The van der Waals surface area contributed by atoms with Crippen LogP contribution in [-0.4, -0.2) is 70.1 Å². The number of likely N-dealkylation sites (N-methyl/N-ethyl adjacent to an activating group) is 1. The van der Waals surface area contributed by atoms with E-state index in [1.165, 1.54) is 0 Å². The Morgan fingerprint density at radius 2 is 2.14 bits per heavy atom. The first kappa shape index (κ1) is 13.4. The summed E-state index contributed by atoms with van der Waals surface area (Å²) in [6.45, 7) is 3.59. The molecule has 2 aromatic heterocycles. The van der Waals surface area contributed by atoms with Crippen LogP contribution in [0.2, 0.25) is 0 Å². The molecule has 0 bridgehead atoms. The summed E-state index contributed by atoms with van der Waals surface area (Å²) in [5, 5.41) is 5.36. The van der Waals surface area contributed by atoms with E-state index in [0.29, 0.717) is 6.04 Å². The van der Waals surface area contributed by atoms with Crippen molar-refractivity contribution in [2.45, 2.75) is 12.1 Å². The first-order valence-electron chi connectivity index (χ1n) is 7.05. The van der Waals surface area contributed by atoms with Crippen LogP contribution in [0.5, 0.6) is 0 Å². The number of morpholine rings is 1. The molecule has 0 N–H and O–H groups in total. The number of hydrogen-bond donors (Lipinski definition) is 0. The first-order valence-corrected chi connectivity index (χ1v) is 7.84. The second-order valence-corrected chi connectivity index (χ2v) is 6.42. The Morgan fingerprint density at radius 3 is 2.95 bits per heavy atom. The molecule has 4 rings (SSSR count). The van der Waals surface area contributed by atoms with Gasteiger partial charge in [-0.25, -0.2) is 14.6 Å². The predicted molar refractivity (Wildman–Crippen MR) is 82.4 cm³/mol. The topological polar surface area (TPSA) is 59.3 Å². The molecule has 0 radical (unpaired) electrons. The lowest BCUT2D eigenvalue weighted by molar-refractivity contribution is -0.0362. The van der Waals surface area contributed by atoms with Crippen LogP contribution in [-0.2, 0) is 11.8 Å². The average Bonchev–Trinajstić information content (AvgIpc) is 3.02. The third-order valence-corrected chi connectivity index (χ3v) is 4.99. The lowest BCUT2D eigenvalue weighted by atomic mass is 10.1. The molecule has 2 fully saturated rings. The zero-order chi connectivity index (χ0) is 14.6. The largest absolute Gasteiger partial charge is 0.373 e. The lowest BCUT2D eigenvalue weighted by Gasteiger charge is -2.33. The highest BCUT2D eigenvalue weighted by atomic mass is 79.9. The third-order valence-electron chi connectivity index (χ3n) is 4.44.